The molecule has 1 unspecified atom stereocenters. The van der Waals surface area contributed by atoms with E-state index in [-0.39, 0.29) is 18.3 Å². The Bertz CT molecular complexity index is 684. The number of nitrogens with one attached hydrogen (secondary N) is 1. The van der Waals surface area contributed by atoms with E-state index >= 15 is 0 Å². The summed E-state index contributed by atoms with van der Waals surface area (Å²) in [6.45, 7) is 2.14. The Labute approximate surface area is 179 Å². The molecule has 28 heavy (non-hydrogen) atoms. The van der Waals surface area contributed by atoms with Gasteiger partial charge in [0.15, 0.2) is 5.17 Å². The maximum absolute atomic E-state index is 12.6. The van der Waals surface area contributed by atoms with Crippen molar-refractivity contribution in [2.24, 2.45) is 4.99 Å². The number of aryl methyl sites for hydroxylation is 1. The minimum Gasteiger partial charge on any atom is -0.344 e. The van der Waals surface area contributed by atoms with Crippen LogP contribution in [0, 0.1) is 0 Å². The lowest BCUT2D eigenvalue weighted by Gasteiger charge is -2.27. The van der Waals surface area contributed by atoms with E-state index in [2.05, 4.69) is 29.3 Å². The molecule has 1 saturated heterocycles. The second-order valence-electron chi connectivity index (χ2n) is 8.11. The first-order valence-corrected chi connectivity index (χ1v) is 11.6. The SMILES string of the molecule is CCc1ccc(NC(=O)CC2CSC(=NC3CCCCC3)N2C2CC2)cc1.Cl. The minimum absolute atomic E-state index is 0. The van der Waals surface area contributed by atoms with Crippen LogP contribution >= 0.6 is 24.2 Å². The molecule has 0 spiro atoms. The number of amidine groups is 1. The molecule has 1 aliphatic heterocycles. The van der Waals surface area contributed by atoms with Gasteiger partial charge in [-0.15, -0.1) is 12.4 Å². The Morgan fingerprint density at radius 2 is 1.86 bits per heavy atom. The first kappa shape index (κ1) is 21.5. The third-order valence-electron chi connectivity index (χ3n) is 5.89. The number of anilines is 1. The zero-order valence-corrected chi connectivity index (χ0v) is 18.4. The molecule has 3 fully saturated rings. The average molecular weight is 422 g/mol. The van der Waals surface area contributed by atoms with Gasteiger partial charge in [-0.1, -0.05) is 50.1 Å². The van der Waals surface area contributed by atoms with Gasteiger partial charge in [-0.25, -0.2) is 0 Å². The molecule has 0 aromatic heterocycles. The maximum Gasteiger partial charge on any atom is 0.226 e. The molecule has 4 rings (SSSR count). The number of rotatable bonds is 6. The second kappa shape index (κ2) is 10.0. The van der Waals surface area contributed by atoms with E-state index in [1.54, 1.807) is 0 Å². The Morgan fingerprint density at radius 3 is 2.50 bits per heavy atom. The summed E-state index contributed by atoms with van der Waals surface area (Å²) in [6.07, 6.45) is 10.6. The van der Waals surface area contributed by atoms with Crippen molar-refractivity contribution in [2.45, 2.75) is 82.8 Å². The summed E-state index contributed by atoms with van der Waals surface area (Å²) in [6, 6.07) is 9.61. The summed E-state index contributed by atoms with van der Waals surface area (Å²) in [4.78, 5) is 20.2. The van der Waals surface area contributed by atoms with Crippen LogP contribution in [0.25, 0.3) is 0 Å². The number of hydrogen-bond acceptors (Lipinski definition) is 3. The molecular weight excluding hydrogens is 390 g/mol. The van der Waals surface area contributed by atoms with Crippen molar-refractivity contribution in [3.8, 4) is 0 Å². The van der Waals surface area contributed by atoms with Gasteiger partial charge in [-0.05, 0) is 49.8 Å². The van der Waals surface area contributed by atoms with E-state index in [4.69, 9.17) is 4.99 Å². The molecule has 1 aromatic rings. The van der Waals surface area contributed by atoms with E-state index in [0.29, 0.717) is 24.5 Å². The monoisotopic (exact) mass is 421 g/mol. The zero-order valence-electron chi connectivity index (χ0n) is 16.7. The normalized spacial score (nSPS) is 24.2. The van der Waals surface area contributed by atoms with Gasteiger partial charge in [0.05, 0.1) is 6.04 Å². The highest BCUT2D eigenvalue weighted by molar-refractivity contribution is 8.14. The summed E-state index contributed by atoms with van der Waals surface area (Å²) in [5.41, 5.74) is 2.19. The van der Waals surface area contributed by atoms with Crippen LogP contribution < -0.4 is 5.32 Å². The summed E-state index contributed by atoms with van der Waals surface area (Å²) < 4.78 is 0. The number of carbonyl (C=O) groups is 1. The number of benzene rings is 1. The van der Waals surface area contributed by atoms with Crippen LogP contribution in [0.2, 0.25) is 0 Å². The van der Waals surface area contributed by atoms with Gasteiger partial charge < -0.3 is 10.2 Å². The smallest absolute Gasteiger partial charge is 0.226 e. The highest BCUT2D eigenvalue weighted by atomic mass is 35.5. The van der Waals surface area contributed by atoms with Crippen molar-refractivity contribution in [3.05, 3.63) is 29.8 Å². The van der Waals surface area contributed by atoms with Crippen LogP contribution in [-0.2, 0) is 11.2 Å². The lowest BCUT2D eigenvalue weighted by molar-refractivity contribution is -0.116. The highest BCUT2D eigenvalue weighted by Gasteiger charge is 2.41. The van der Waals surface area contributed by atoms with Crippen molar-refractivity contribution in [2.75, 3.05) is 11.1 Å². The second-order valence-corrected chi connectivity index (χ2v) is 9.10. The van der Waals surface area contributed by atoms with Crippen molar-refractivity contribution in [1.82, 2.24) is 4.90 Å². The van der Waals surface area contributed by atoms with E-state index in [1.165, 1.54) is 55.7 Å². The predicted octanol–water partition coefficient (Wildman–Crippen LogP) is 5.27. The maximum atomic E-state index is 12.6. The number of halogens is 1. The number of hydrogen-bond donors (Lipinski definition) is 1. The lowest BCUT2D eigenvalue weighted by atomic mass is 9.96. The Hall–Kier alpha value is -1.20. The summed E-state index contributed by atoms with van der Waals surface area (Å²) in [5.74, 6) is 1.11. The van der Waals surface area contributed by atoms with E-state index in [0.717, 1.165) is 17.9 Å². The number of amides is 1. The van der Waals surface area contributed by atoms with E-state index < -0.39 is 0 Å². The van der Waals surface area contributed by atoms with Crippen molar-refractivity contribution in [1.29, 1.82) is 0 Å². The Morgan fingerprint density at radius 1 is 1.14 bits per heavy atom. The van der Waals surface area contributed by atoms with Crippen LogP contribution in [-0.4, -0.2) is 39.9 Å². The topological polar surface area (TPSA) is 44.7 Å². The first-order valence-electron chi connectivity index (χ1n) is 10.6. The molecule has 154 valence electrons. The number of thioether (sulfide) groups is 1. The minimum atomic E-state index is 0. The fourth-order valence-electron chi connectivity index (χ4n) is 4.17. The molecule has 2 aliphatic carbocycles. The molecule has 1 N–H and O–H groups in total. The summed E-state index contributed by atoms with van der Waals surface area (Å²) >= 11 is 1.87. The standard InChI is InChI=1S/C22H31N3OS.ClH/c1-2-16-8-10-18(11-9-16)23-21(26)14-20-15-27-22(25(20)19-12-13-19)24-17-6-4-3-5-7-17;/h8-11,17,19-20H,2-7,12-15H2,1H3,(H,23,26);1H. The lowest BCUT2D eigenvalue weighted by Crippen LogP contribution is -2.39. The summed E-state index contributed by atoms with van der Waals surface area (Å²) in [7, 11) is 0. The molecule has 4 nitrogen and oxygen atoms in total. The first-order chi connectivity index (χ1) is 13.2. The van der Waals surface area contributed by atoms with Crippen molar-refractivity contribution in [3.63, 3.8) is 0 Å². The average Bonchev–Trinajstić information content (AvgIpc) is 3.46. The molecule has 1 atom stereocenters. The van der Waals surface area contributed by atoms with Crippen molar-refractivity contribution < 1.29 is 4.79 Å². The van der Waals surface area contributed by atoms with Gasteiger partial charge in [0.1, 0.15) is 0 Å². The number of nitrogens with zero attached hydrogens (tertiary/aromatic N) is 2. The van der Waals surface area contributed by atoms with Crippen LogP contribution in [0.3, 0.4) is 0 Å². The van der Waals surface area contributed by atoms with Crippen LogP contribution in [0.5, 0.6) is 0 Å². The fraction of sp³-hybridized carbons (Fsp3) is 0.636. The van der Waals surface area contributed by atoms with Crippen LogP contribution in [0.1, 0.15) is 63.9 Å². The van der Waals surface area contributed by atoms with Gasteiger partial charge in [-0.2, -0.15) is 0 Å². The van der Waals surface area contributed by atoms with Crippen LogP contribution in [0.4, 0.5) is 5.69 Å². The summed E-state index contributed by atoms with van der Waals surface area (Å²) in [5, 5.41) is 4.30. The number of aliphatic imine (C=N–C) groups is 1. The predicted molar refractivity (Wildman–Crippen MR) is 122 cm³/mol. The highest BCUT2D eigenvalue weighted by Crippen LogP contribution is 2.38. The van der Waals surface area contributed by atoms with Gasteiger partial charge in [0.25, 0.3) is 0 Å². The molecule has 0 bridgehead atoms. The van der Waals surface area contributed by atoms with Crippen molar-refractivity contribution >= 4 is 40.9 Å². The zero-order chi connectivity index (χ0) is 18.6. The molecule has 3 aliphatic rings. The number of carbonyl (C=O) groups excluding carboxylic acids is 1. The fourth-order valence-corrected chi connectivity index (χ4v) is 5.46. The third kappa shape index (κ3) is 5.44. The Balaban J connectivity index is 0.00000225. The third-order valence-corrected chi connectivity index (χ3v) is 7.02. The molecular formula is C22H32ClN3OS. The van der Waals surface area contributed by atoms with Gasteiger partial charge in [0.2, 0.25) is 5.91 Å². The largest absolute Gasteiger partial charge is 0.344 e. The Kier molecular flexibility index (Phi) is 7.69. The van der Waals surface area contributed by atoms with Gasteiger partial charge >= 0.3 is 0 Å². The van der Waals surface area contributed by atoms with E-state index in [9.17, 15) is 4.79 Å². The van der Waals surface area contributed by atoms with Gasteiger partial charge in [0, 0.05) is 29.9 Å². The molecule has 1 aromatic carbocycles. The molecule has 0 radical (unpaired) electrons. The molecule has 1 heterocycles. The quantitative estimate of drug-likeness (QED) is 0.680. The van der Waals surface area contributed by atoms with Crippen LogP contribution in [0.15, 0.2) is 29.3 Å². The molecule has 2 saturated carbocycles. The molecule has 6 heteroatoms. The molecule has 1 amide bonds. The van der Waals surface area contributed by atoms with E-state index in [1.807, 2.05) is 23.9 Å². The van der Waals surface area contributed by atoms with Gasteiger partial charge in [-0.3, -0.25) is 9.79 Å².